The molecular weight excluding hydrogens is 458 g/mol. The number of hydrogen-bond acceptors (Lipinski definition) is 7. The Kier molecular flexibility index (Phi) is 8.36. The van der Waals surface area contributed by atoms with E-state index in [1.165, 1.54) is 36.0 Å². The molecule has 2 amide bonds. The number of hydrogen-bond donors (Lipinski definition) is 2. The molecule has 34 heavy (non-hydrogen) atoms. The molecule has 10 heteroatoms. The summed E-state index contributed by atoms with van der Waals surface area (Å²) in [6.45, 7) is 2.02. The fraction of sp³-hybridized carbons (Fsp3) is 0.125. The van der Waals surface area contributed by atoms with Crippen LogP contribution in [0.4, 0.5) is 17.1 Å². The molecule has 174 valence electrons. The summed E-state index contributed by atoms with van der Waals surface area (Å²) in [6, 6.07) is 18.7. The van der Waals surface area contributed by atoms with Crippen molar-refractivity contribution in [3.05, 3.63) is 94.0 Å². The summed E-state index contributed by atoms with van der Waals surface area (Å²) < 4.78 is 4.93. The molecule has 0 radical (unpaired) electrons. The van der Waals surface area contributed by atoms with E-state index in [-0.39, 0.29) is 29.5 Å². The normalized spacial score (nSPS) is 10.3. The van der Waals surface area contributed by atoms with Gasteiger partial charge >= 0.3 is 5.97 Å². The van der Waals surface area contributed by atoms with Gasteiger partial charge in [0.15, 0.2) is 0 Å². The van der Waals surface area contributed by atoms with Gasteiger partial charge in [-0.2, -0.15) is 0 Å². The van der Waals surface area contributed by atoms with Crippen LogP contribution in [0.3, 0.4) is 0 Å². The van der Waals surface area contributed by atoms with Crippen LogP contribution in [0, 0.1) is 10.1 Å². The lowest BCUT2D eigenvalue weighted by atomic mass is 10.2. The highest BCUT2D eigenvalue weighted by Crippen LogP contribution is 2.23. The Bertz CT molecular complexity index is 1200. The number of nitro benzene ring substituents is 1. The van der Waals surface area contributed by atoms with E-state index >= 15 is 0 Å². The number of ether oxygens (including phenoxy) is 1. The van der Waals surface area contributed by atoms with Gasteiger partial charge in [-0.1, -0.05) is 6.07 Å². The van der Waals surface area contributed by atoms with Crippen molar-refractivity contribution in [3.8, 4) is 0 Å². The van der Waals surface area contributed by atoms with E-state index in [1.54, 1.807) is 49.4 Å². The molecule has 0 unspecified atom stereocenters. The zero-order valence-electron chi connectivity index (χ0n) is 18.1. The summed E-state index contributed by atoms with van der Waals surface area (Å²) >= 11 is 1.29. The van der Waals surface area contributed by atoms with E-state index < -0.39 is 16.8 Å². The number of thioether (sulfide) groups is 1. The molecule has 3 aromatic rings. The minimum Gasteiger partial charge on any atom is -0.462 e. The fourth-order valence-corrected chi connectivity index (χ4v) is 3.61. The first-order valence-corrected chi connectivity index (χ1v) is 11.2. The van der Waals surface area contributed by atoms with E-state index in [9.17, 15) is 24.5 Å². The van der Waals surface area contributed by atoms with E-state index in [4.69, 9.17) is 4.74 Å². The minimum absolute atomic E-state index is 0.0943. The van der Waals surface area contributed by atoms with E-state index in [0.717, 1.165) is 4.90 Å². The Morgan fingerprint density at radius 1 is 0.912 bits per heavy atom. The zero-order chi connectivity index (χ0) is 24.5. The van der Waals surface area contributed by atoms with Crippen molar-refractivity contribution in [1.82, 2.24) is 0 Å². The Balaban J connectivity index is 1.52. The summed E-state index contributed by atoms with van der Waals surface area (Å²) in [6.07, 6.45) is 0. The highest BCUT2D eigenvalue weighted by atomic mass is 32.2. The lowest BCUT2D eigenvalue weighted by Crippen LogP contribution is -2.14. The van der Waals surface area contributed by atoms with Crippen molar-refractivity contribution in [1.29, 1.82) is 0 Å². The molecule has 0 aromatic heterocycles. The van der Waals surface area contributed by atoms with Crippen LogP contribution in [0.5, 0.6) is 0 Å². The first-order valence-electron chi connectivity index (χ1n) is 10.2. The van der Waals surface area contributed by atoms with Crippen molar-refractivity contribution in [2.45, 2.75) is 11.8 Å². The predicted octanol–water partition coefficient (Wildman–Crippen LogP) is 4.75. The quantitative estimate of drug-likeness (QED) is 0.196. The number of nitro groups is 1. The van der Waals surface area contributed by atoms with Crippen molar-refractivity contribution < 1.29 is 24.0 Å². The third-order valence-corrected chi connectivity index (χ3v) is 5.48. The largest absolute Gasteiger partial charge is 0.462 e. The monoisotopic (exact) mass is 479 g/mol. The molecule has 0 heterocycles. The second-order valence-electron chi connectivity index (χ2n) is 6.92. The lowest BCUT2D eigenvalue weighted by molar-refractivity contribution is -0.384. The smallest absolute Gasteiger partial charge is 0.338 e. The van der Waals surface area contributed by atoms with E-state index in [2.05, 4.69) is 10.6 Å². The molecule has 0 saturated heterocycles. The van der Waals surface area contributed by atoms with Crippen molar-refractivity contribution in [2.24, 2.45) is 0 Å². The maximum atomic E-state index is 12.4. The Morgan fingerprint density at radius 2 is 1.59 bits per heavy atom. The SMILES string of the molecule is CCOC(=O)c1ccc(NC(=O)CSc2cccc(NC(=O)c3ccc([N+](=O)[O-])cc3)c2)cc1. The molecule has 0 fully saturated rings. The van der Waals surface area contributed by atoms with Crippen LogP contribution in [0.15, 0.2) is 77.7 Å². The van der Waals surface area contributed by atoms with Crippen LogP contribution in [0.1, 0.15) is 27.6 Å². The average Bonchev–Trinajstić information content (AvgIpc) is 2.83. The van der Waals surface area contributed by atoms with Crippen LogP contribution >= 0.6 is 11.8 Å². The number of rotatable bonds is 9. The number of nitrogens with zero attached hydrogens (tertiary/aromatic N) is 1. The fourth-order valence-electron chi connectivity index (χ4n) is 2.85. The summed E-state index contributed by atoms with van der Waals surface area (Å²) in [5, 5.41) is 16.2. The maximum Gasteiger partial charge on any atom is 0.338 e. The topological polar surface area (TPSA) is 128 Å². The van der Waals surface area contributed by atoms with Gasteiger partial charge in [-0.25, -0.2) is 4.79 Å². The molecule has 0 spiro atoms. The second-order valence-corrected chi connectivity index (χ2v) is 7.97. The molecule has 0 bridgehead atoms. The van der Waals surface area contributed by atoms with Crippen LogP contribution in [-0.2, 0) is 9.53 Å². The number of non-ortho nitro benzene ring substituents is 1. The van der Waals surface area contributed by atoms with Gasteiger partial charge < -0.3 is 15.4 Å². The first kappa shape index (κ1) is 24.5. The number of carbonyl (C=O) groups excluding carboxylic acids is 3. The van der Waals surface area contributed by atoms with Gasteiger partial charge in [0.1, 0.15) is 0 Å². The van der Waals surface area contributed by atoms with Gasteiger partial charge in [0.05, 0.1) is 22.8 Å². The van der Waals surface area contributed by atoms with Crippen molar-refractivity contribution in [3.63, 3.8) is 0 Å². The highest BCUT2D eigenvalue weighted by molar-refractivity contribution is 8.00. The number of benzene rings is 3. The Morgan fingerprint density at radius 3 is 2.24 bits per heavy atom. The van der Waals surface area contributed by atoms with Crippen LogP contribution in [-0.4, -0.2) is 35.1 Å². The Labute approximate surface area is 199 Å². The minimum atomic E-state index is -0.531. The predicted molar refractivity (Wildman–Crippen MR) is 129 cm³/mol. The maximum absolute atomic E-state index is 12.4. The van der Waals surface area contributed by atoms with Gasteiger partial charge in [-0.15, -0.1) is 11.8 Å². The average molecular weight is 480 g/mol. The highest BCUT2D eigenvalue weighted by Gasteiger charge is 2.11. The zero-order valence-corrected chi connectivity index (χ0v) is 19.0. The molecule has 0 saturated carbocycles. The van der Waals surface area contributed by atoms with Gasteiger partial charge in [0, 0.05) is 34.0 Å². The number of anilines is 2. The standard InChI is InChI=1S/C24H21N3O6S/c1-2-33-24(30)17-6-10-18(11-7-17)25-22(28)15-34-21-5-3-4-19(14-21)26-23(29)16-8-12-20(13-9-16)27(31)32/h3-14H,2,15H2,1H3,(H,25,28)(H,26,29). The Hall–Kier alpha value is -4.18. The summed E-state index contributed by atoms with van der Waals surface area (Å²) in [4.78, 5) is 47.4. The summed E-state index contributed by atoms with van der Waals surface area (Å²) in [7, 11) is 0. The summed E-state index contributed by atoms with van der Waals surface area (Å²) in [5.41, 5.74) is 1.69. The van der Waals surface area contributed by atoms with E-state index in [1.807, 2.05) is 6.07 Å². The molecule has 0 atom stereocenters. The van der Waals surface area contributed by atoms with Crippen LogP contribution in [0.2, 0.25) is 0 Å². The number of esters is 1. The number of amides is 2. The summed E-state index contributed by atoms with van der Waals surface area (Å²) in [5.74, 6) is -0.911. The molecule has 9 nitrogen and oxygen atoms in total. The second kappa shape index (κ2) is 11.6. The molecule has 0 aliphatic carbocycles. The van der Waals surface area contributed by atoms with Gasteiger partial charge in [0.2, 0.25) is 5.91 Å². The van der Waals surface area contributed by atoms with Gasteiger partial charge in [-0.05, 0) is 61.5 Å². The molecule has 3 rings (SSSR count). The first-order chi connectivity index (χ1) is 16.4. The number of nitrogens with one attached hydrogen (secondary N) is 2. The van der Waals surface area contributed by atoms with Gasteiger partial charge in [0.25, 0.3) is 11.6 Å². The molecule has 2 N–H and O–H groups in total. The van der Waals surface area contributed by atoms with Crippen molar-refractivity contribution >= 4 is 46.6 Å². The molecule has 0 aliphatic rings. The number of carbonyl (C=O) groups is 3. The third kappa shape index (κ3) is 6.91. The van der Waals surface area contributed by atoms with Crippen LogP contribution in [0.25, 0.3) is 0 Å². The lowest BCUT2D eigenvalue weighted by Gasteiger charge is -2.09. The van der Waals surface area contributed by atoms with Gasteiger partial charge in [-0.3, -0.25) is 19.7 Å². The molecular formula is C24H21N3O6S. The van der Waals surface area contributed by atoms with Crippen LogP contribution < -0.4 is 10.6 Å². The third-order valence-electron chi connectivity index (χ3n) is 4.48. The van der Waals surface area contributed by atoms with Crippen molar-refractivity contribution in [2.75, 3.05) is 23.0 Å². The van der Waals surface area contributed by atoms with E-state index in [0.29, 0.717) is 16.9 Å². The molecule has 3 aromatic carbocycles. The molecule has 0 aliphatic heterocycles.